The first-order valence-corrected chi connectivity index (χ1v) is 8.81. The van der Waals surface area contributed by atoms with Gasteiger partial charge >= 0.3 is 0 Å². The van der Waals surface area contributed by atoms with Crippen LogP contribution in [0.15, 0.2) is 54.7 Å². The second-order valence-corrected chi connectivity index (χ2v) is 6.42. The van der Waals surface area contributed by atoms with Crippen LogP contribution in [0.1, 0.15) is 27.2 Å². The van der Waals surface area contributed by atoms with Gasteiger partial charge in [-0.1, -0.05) is 24.3 Å². The number of hydrogen-bond donors (Lipinski definition) is 2. The molecule has 0 aliphatic heterocycles. The standard InChI is InChI=1S/C21H22N4O3/c1-14-5-4-6-17(11-14)25-15(2)19(13-22-25)21(27)24-23-20(26)12-16-7-9-18(28-3)10-8-16/h4-11,13H,12H2,1-3H3,(H,23,26)(H,24,27). The molecule has 0 spiro atoms. The zero-order valence-electron chi connectivity index (χ0n) is 16.0. The molecule has 0 bridgehead atoms. The zero-order chi connectivity index (χ0) is 20.1. The van der Waals surface area contributed by atoms with Crippen LogP contribution < -0.4 is 15.6 Å². The van der Waals surface area contributed by atoms with E-state index in [1.165, 1.54) is 6.20 Å². The molecule has 0 aliphatic rings. The first-order valence-electron chi connectivity index (χ1n) is 8.81. The first kappa shape index (κ1) is 19.2. The molecule has 1 heterocycles. The van der Waals surface area contributed by atoms with E-state index in [0.29, 0.717) is 11.3 Å². The lowest BCUT2D eigenvalue weighted by molar-refractivity contribution is -0.121. The molecule has 2 amide bonds. The van der Waals surface area contributed by atoms with Gasteiger partial charge in [0.15, 0.2) is 0 Å². The minimum atomic E-state index is -0.417. The average molecular weight is 378 g/mol. The average Bonchev–Trinajstić information content (AvgIpc) is 3.08. The summed E-state index contributed by atoms with van der Waals surface area (Å²) in [6.45, 7) is 3.80. The van der Waals surface area contributed by atoms with Gasteiger partial charge in [-0.25, -0.2) is 4.68 Å². The monoisotopic (exact) mass is 378 g/mol. The molecule has 0 radical (unpaired) electrons. The molecule has 0 atom stereocenters. The molecule has 2 N–H and O–H groups in total. The predicted octanol–water partition coefficient (Wildman–Crippen LogP) is 2.50. The van der Waals surface area contributed by atoms with E-state index in [2.05, 4.69) is 16.0 Å². The molecule has 7 heteroatoms. The molecular weight excluding hydrogens is 356 g/mol. The van der Waals surface area contributed by atoms with Crippen LogP contribution in [-0.4, -0.2) is 28.7 Å². The van der Waals surface area contributed by atoms with Crippen LogP contribution in [0.2, 0.25) is 0 Å². The lowest BCUT2D eigenvalue weighted by Gasteiger charge is -2.09. The number of ether oxygens (including phenoxy) is 1. The maximum Gasteiger partial charge on any atom is 0.273 e. The van der Waals surface area contributed by atoms with Crippen molar-refractivity contribution in [3.63, 3.8) is 0 Å². The molecule has 3 rings (SSSR count). The third-order valence-electron chi connectivity index (χ3n) is 4.34. The molecule has 7 nitrogen and oxygen atoms in total. The van der Waals surface area contributed by atoms with Crippen molar-refractivity contribution in [3.05, 3.63) is 77.1 Å². The molecule has 144 valence electrons. The van der Waals surface area contributed by atoms with Crippen molar-refractivity contribution in [2.75, 3.05) is 7.11 Å². The molecule has 1 aromatic heterocycles. The summed E-state index contributed by atoms with van der Waals surface area (Å²) in [6.07, 6.45) is 1.63. The highest BCUT2D eigenvalue weighted by Crippen LogP contribution is 2.15. The lowest BCUT2D eigenvalue weighted by atomic mass is 10.1. The van der Waals surface area contributed by atoms with Gasteiger partial charge in [-0.2, -0.15) is 5.10 Å². The fourth-order valence-corrected chi connectivity index (χ4v) is 2.82. The number of methoxy groups -OCH3 is 1. The van der Waals surface area contributed by atoms with E-state index in [-0.39, 0.29) is 12.3 Å². The van der Waals surface area contributed by atoms with E-state index in [4.69, 9.17) is 4.74 Å². The smallest absolute Gasteiger partial charge is 0.273 e. The SMILES string of the molecule is COc1ccc(CC(=O)NNC(=O)c2cnn(-c3cccc(C)c3)c2C)cc1. The van der Waals surface area contributed by atoms with Crippen molar-refractivity contribution in [2.45, 2.75) is 20.3 Å². The van der Waals surface area contributed by atoms with Gasteiger partial charge in [-0.15, -0.1) is 0 Å². The second kappa shape index (κ2) is 8.39. The molecule has 0 saturated heterocycles. The Bertz CT molecular complexity index is 993. The largest absolute Gasteiger partial charge is 0.497 e. The Morgan fingerprint density at radius 3 is 2.50 bits per heavy atom. The van der Waals surface area contributed by atoms with Crippen molar-refractivity contribution in [2.24, 2.45) is 0 Å². The maximum absolute atomic E-state index is 12.4. The Labute approximate surface area is 163 Å². The van der Waals surface area contributed by atoms with Gasteiger partial charge in [-0.05, 0) is 49.2 Å². The van der Waals surface area contributed by atoms with Crippen LogP contribution in [0.25, 0.3) is 5.69 Å². The summed E-state index contributed by atoms with van der Waals surface area (Å²) in [4.78, 5) is 24.5. The lowest BCUT2D eigenvalue weighted by Crippen LogP contribution is -2.42. The van der Waals surface area contributed by atoms with Crippen molar-refractivity contribution in [1.29, 1.82) is 0 Å². The third-order valence-corrected chi connectivity index (χ3v) is 4.34. The summed E-state index contributed by atoms with van der Waals surface area (Å²) in [5.74, 6) is -0.0136. The number of benzene rings is 2. The summed E-state index contributed by atoms with van der Waals surface area (Å²) in [6, 6.07) is 15.0. The fraction of sp³-hybridized carbons (Fsp3) is 0.190. The highest BCUT2D eigenvalue weighted by Gasteiger charge is 2.16. The van der Waals surface area contributed by atoms with E-state index >= 15 is 0 Å². The van der Waals surface area contributed by atoms with Crippen molar-refractivity contribution < 1.29 is 14.3 Å². The Balaban J connectivity index is 1.61. The van der Waals surface area contributed by atoms with Crippen LogP contribution in [0, 0.1) is 13.8 Å². The van der Waals surface area contributed by atoms with Crippen molar-refractivity contribution in [3.8, 4) is 11.4 Å². The van der Waals surface area contributed by atoms with Gasteiger partial charge in [0.05, 0.1) is 36.7 Å². The summed E-state index contributed by atoms with van der Waals surface area (Å²) in [5, 5.41) is 4.29. The van der Waals surface area contributed by atoms with E-state index in [1.807, 2.05) is 38.1 Å². The molecule has 0 saturated carbocycles. The molecule has 28 heavy (non-hydrogen) atoms. The normalized spacial score (nSPS) is 10.4. The second-order valence-electron chi connectivity index (χ2n) is 6.42. The van der Waals surface area contributed by atoms with Crippen LogP contribution in [0.3, 0.4) is 0 Å². The van der Waals surface area contributed by atoms with Crippen molar-refractivity contribution in [1.82, 2.24) is 20.6 Å². The van der Waals surface area contributed by atoms with E-state index < -0.39 is 5.91 Å². The maximum atomic E-state index is 12.4. The highest BCUT2D eigenvalue weighted by atomic mass is 16.5. The van der Waals surface area contributed by atoms with Gasteiger partial charge in [0.2, 0.25) is 5.91 Å². The number of aromatic nitrogens is 2. The summed E-state index contributed by atoms with van der Waals surface area (Å²) in [7, 11) is 1.58. The number of nitrogens with one attached hydrogen (secondary N) is 2. The Morgan fingerprint density at radius 2 is 1.82 bits per heavy atom. The number of carbonyl (C=O) groups excluding carboxylic acids is 2. The van der Waals surface area contributed by atoms with Crippen molar-refractivity contribution >= 4 is 11.8 Å². The number of aryl methyl sites for hydroxylation is 1. The minimum absolute atomic E-state index is 0.145. The highest BCUT2D eigenvalue weighted by molar-refractivity contribution is 5.96. The zero-order valence-corrected chi connectivity index (χ0v) is 16.0. The van der Waals surface area contributed by atoms with E-state index in [9.17, 15) is 9.59 Å². The number of carbonyl (C=O) groups is 2. The predicted molar refractivity (Wildman–Crippen MR) is 105 cm³/mol. The van der Waals surface area contributed by atoms with Gasteiger partial charge in [0.25, 0.3) is 5.91 Å². The molecule has 0 fully saturated rings. The number of amides is 2. The first-order chi connectivity index (χ1) is 13.5. The van der Waals surface area contributed by atoms with Crippen LogP contribution in [0.4, 0.5) is 0 Å². The molecule has 0 unspecified atom stereocenters. The molecular formula is C21H22N4O3. The number of rotatable bonds is 5. The van der Waals surface area contributed by atoms with E-state index in [0.717, 1.165) is 22.6 Å². The number of hydrazine groups is 1. The van der Waals surface area contributed by atoms with Gasteiger partial charge in [0, 0.05) is 0 Å². The van der Waals surface area contributed by atoms with Crippen LogP contribution >= 0.6 is 0 Å². The summed E-state index contributed by atoms with van der Waals surface area (Å²) >= 11 is 0. The quantitative estimate of drug-likeness (QED) is 0.668. The third kappa shape index (κ3) is 4.37. The van der Waals surface area contributed by atoms with Gasteiger partial charge in [0.1, 0.15) is 5.75 Å². The Kier molecular flexibility index (Phi) is 5.74. The fourth-order valence-electron chi connectivity index (χ4n) is 2.82. The summed E-state index contributed by atoms with van der Waals surface area (Å²) in [5.41, 5.74) is 8.75. The Morgan fingerprint density at radius 1 is 1.07 bits per heavy atom. The molecule has 2 aromatic carbocycles. The minimum Gasteiger partial charge on any atom is -0.497 e. The Hall–Kier alpha value is -3.61. The topological polar surface area (TPSA) is 85.2 Å². The molecule has 3 aromatic rings. The summed E-state index contributed by atoms with van der Waals surface area (Å²) < 4.78 is 6.78. The van der Waals surface area contributed by atoms with Gasteiger partial charge in [-0.3, -0.25) is 20.4 Å². The molecule has 0 aliphatic carbocycles. The van der Waals surface area contributed by atoms with Gasteiger partial charge < -0.3 is 4.74 Å². The number of hydrogen-bond acceptors (Lipinski definition) is 4. The number of nitrogens with zero attached hydrogens (tertiary/aromatic N) is 2. The van der Waals surface area contributed by atoms with E-state index in [1.54, 1.807) is 36.1 Å². The van der Waals surface area contributed by atoms with Crippen LogP contribution in [-0.2, 0) is 11.2 Å². The van der Waals surface area contributed by atoms with Crippen LogP contribution in [0.5, 0.6) is 5.75 Å².